The molecule has 0 fully saturated rings. The lowest BCUT2D eigenvalue weighted by atomic mass is 10.0. The summed E-state index contributed by atoms with van der Waals surface area (Å²) in [5.74, 6) is 1.35. The van der Waals surface area contributed by atoms with Gasteiger partial charge in [0.25, 0.3) is 0 Å². The Bertz CT molecular complexity index is 977. The molecule has 2 nitrogen and oxygen atoms in total. The molecule has 0 spiro atoms. The maximum atomic E-state index is 13.0. The first kappa shape index (κ1) is 19.2. The summed E-state index contributed by atoms with van der Waals surface area (Å²) in [6.07, 6.45) is 4.70. The predicted molar refractivity (Wildman–Crippen MR) is 114 cm³/mol. The Morgan fingerprint density at radius 3 is 2.73 bits per heavy atom. The van der Waals surface area contributed by atoms with Crippen LogP contribution in [0.25, 0.3) is 20.2 Å². The second-order valence-corrected chi connectivity index (χ2v) is 8.32. The van der Waals surface area contributed by atoms with Crippen molar-refractivity contribution in [3.05, 3.63) is 51.1 Å². The minimum atomic E-state index is -0.0118. The number of hydrogen-bond acceptors (Lipinski definition) is 3. The van der Waals surface area contributed by atoms with Crippen molar-refractivity contribution in [1.29, 1.82) is 0 Å². The molecule has 0 aliphatic carbocycles. The van der Waals surface area contributed by atoms with E-state index in [1.165, 1.54) is 19.3 Å². The fourth-order valence-electron chi connectivity index (χ4n) is 3.30. The van der Waals surface area contributed by atoms with Crippen molar-refractivity contribution in [2.75, 3.05) is 6.61 Å². The third-order valence-corrected chi connectivity index (χ3v) is 6.42. The maximum Gasteiger partial charge on any atom is 0.197 e. The summed E-state index contributed by atoms with van der Waals surface area (Å²) >= 11 is 8.04. The third kappa shape index (κ3) is 3.74. The molecule has 1 aromatic heterocycles. The fourth-order valence-corrected chi connectivity index (χ4v) is 4.96. The SMILES string of the molecule is CCCCC(CC)COc1c(C)cc(Cl)c2c(=O)c3ccccc3sc12. The monoisotopic (exact) mass is 388 g/mol. The van der Waals surface area contributed by atoms with E-state index in [4.69, 9.17) is 16.3 Å². The topological polar surface area (TPSA) is 26.3 Å². The van der Waals surface area contributed by atoms with Crippen molar-refractivity contribution in [3.63, 3.8) is 0 Å². The van der Waals surface area contributed by atoms with Gasteiger partial charge in [-0.05, 0) is 43.0 Å². The van der Waals surface area contributed by atoms with E-state index in [9.17, 15) is 4.79 Å². The van der Waals surface area contributed by atoms with Crippen molar-refractivity contribution in [3.8, 4) is 5.75 Å². The minimum Gasteiger partial charge on any atom is -0.492 e. The highest BCUT2D eigenvalue weighted by Gasteiger charge is 2.17. The van der Waals surface area contributed by atoms with Crippen molar-refractivity contribution >= 4 is 43.1 Å². The molecule has 26 heavy (non-hydrogen) atoms. The van der Waals surface area contributed by atoms with Gasteiger partial charge < -0.3 is 4.74 Å². The molecule has 1 atom stereocenters. The van der Waals surface area contributed by atoms with Crippen LogP contribution in [0.3, 0.4) is 0 Å². The largest absolute Gasteiger partial charge is 0.492 e. The second kappa shape index (κ2) is 8.41. The summed E-state index contributed by atoms with van der Waals surface area (Å²) in [5.41, 5.74) is 0.973. The summed E-state index contributed by atoms with van der Waals surface area (Å²) in [5, 5.41) is 1.81. The lowest BCUT2D eigenvalue weighted by Gasteiger charge is -2.18. The molecule has 138 valence electrons. The van der Waals surface area contributed by atoms with E-state index < -0.39 is 0 Å². The van der Waals surface area contributed by atoms with Gasteiger partial charge in [-0.25, -0.2) is 0 Å². The predicted octanol–water partition coefficient (Wildman–Crippen LogP) is 6.97. The van der Waals surface area contributed by atoms with Crippen molar-refractivity contribution in [1.82, 2.24) is 0 Å². The molecule has 0 bridgehead atoms. The molecule has 2 aromatic carbocycles. The molecule has 0 N–H and O–H groups in total. The summed E-state index contributed by atoms with van der Waals surface area (Å²) in [6.45, 7) is 7.11. The molecule has 0 saturated heterocycles. The molecular weight excluding hydrogens is 364 g/mol. The van der Waals surface area contributed by atoms with Crippen LogP contribution in [0.2, 0.25) is 5.02 Å². The number of unbranched alkanes of at least 4 members (excludes halogenated alkanes) is 1. The highest BCUT2D eigenvalue weighted by molar-refractivity contribution is 7.25. The Labute approximate surface area is 163 Å². The minimum absolute atomic E-state index is 0.0118. The van der Waals surface area contributed by atoms with Gasteiger partial charge in [0.05, 0.1) is 21.7 Å². The number of halogens is 1. The van der Waals surface area contributed by atoms with Gasteiger partial charge in [-0.3, -0.25) is 4.79 Å². The highest BCUT2D eigenvalue weighted by atomic mass is 35.5. The zero-order chi connectivity index (χ0) is 18.7. The Morgan fingerprint density at radius 1 is 1.23 bits per heavy atom. The molecule has 0 amide bonds. The van der Waals surface area contributed by atoms with E-state index in [1.807, 2.05) is 37.3 Å². The number of benzene rings is 2. The van der Waals surface area contributed by atoms with Gasteiger partial charge in [0.15, 0.2) is 5.43 Å². The standard InChI is InChI=1S/C22H25ClO2S/c1-4-6-9-15(5-2)13-25-21-14(3)12-17(23)19-20(24)16-10-7-8-11-18(16)26-22(19)21/h7-8,10-12,15H,4-6,9,13H2,1-3H3. The zero-order valence-electron chi connectivity index (χ0n) is 15.6. The van der Waals surface area contributed by atoms with E-state index in [0.29, 0.717) is 22.9 Å². The summed E-state index contributed by atoms with van der Waals surface area (Å²) < 4.78 is 8.10. The molecule has 1 unspecified atom stereocenters. The van der Waals surface area contributed by atoms with Gasteiger partial charge in [-0.2, -0.15) is 0 Å². The van der Waals surface area contributed by atoms with Gasteiger partial charge in [0.2, 0.25) is 0 Å². The van der Waals surface area contributed by atoms with Crippen LogP contribution in [-0.4, -0.2) is 6.61 Å². The molecule has 3 aromatic rings. The Morgan fingerprint density at radius 2 is 2.00 bits per heavy atom. The molecule has 1 heterocycles. The molecule has 4 heteroatoms. The number of hydrogen-bond donors (Lipinski definition) is 0. The summed E-state index contributed by atoms with van der Waals surface area (Å²) in [6, 6.07) is 9.55. The van der Waals surface area contributed by atoms with Gasteiger partial charge in [0, 0.05) is 10.1 Å². The fraction of sp³-hybridized carbons (Fsp3) is 0.409. The lowest BCUT2D eigenvalue weighted by molar-refractivity contribution is 0.235. The van der Waals surface area contributed by atoms with Gasteiger partial charge in [-0.1, -0.05) is 56.8 Å². The van der Waals surface area contributed by atoms with Crippen LogP contribution in [0.5, 0.6) is 5.75 Å². The maximum absolute atomic E-state index is 13.0. The smallest absolute Gasteiger partial charge is 0.197 e. The second-order valence-electron chi connectivity index (χ2n) is 6.86. The average molecular weight is 389 g/mol. The van der Waals surface area contributed by atoms with Crippen LogP contribution in [0, 0.1) is 12.8 Å². The van der Waals surface area contributed by atoms with Crippen molar-refractivity contribution in [2.45, 2.75) is 46.5 Å². The van der Waals surface area contributed by atoms with Crippen LogP contribution in [0.15, 0.2) is 35.1 Å². The molecule has 0 radical (unpaired) electrons. The van der Waals surface area contributed by atoms with Gasteiger partial charge in [0.1, 0.15) is 5.75 Å². The van der Waals surface area contributed by atoms with Crippen LogP contribution >= 0.6 is 22.9 Å². The van der Waals surface area contributed by atoms with Gasteiger partial charge in [-0.15, -0.1) is 11.3 Å². The lowest BCUT2D eigenvalue weighted by Crippen LogP contribution is -2.12. The van der Waals surface area contributed by atoms with E-state index in [0.717, 1.165) is 32.5 Å². The first-order chi connectivity index (χ1) is 12.6. The number of fused-ring (bicyclic) bond motifs is 2. The van der Waals surface area contributed by atoms with E-state index in [2.05, 4.69) is 13.8 Å². The summed E-state index contributed by atoms with van der Waals surface area (Å²) in [7, 11) is 0. The van der Waals surface area contributed by atoms with Crippen LogP contribution in [0.1, 0.15) is 45.1 Å². The zero-order valence-corrected chi connectivity index (χ0v) is 17.2. The molecule has 0 saturated carbocycles. The number of ether oxygens (including phenoxy) is 1. The molecule has 0 aliphatic rings. The Balaban J connectivity index is 2.08. The average Bonchev–Trinajstić information content (AvgIpc) is 2.63. The number of rotatable bonds is 7. The molecular formula is C22H25ClO2S. The van der Waals surface area contributed by atoms with Gasteiger partial charge >= 0.3 is 0 Å². The van der Waals surface area contributed by atoms with E-state index >= 15 is 0 Å². The van der Waals surface area contributed by atoms with E-state index in [-0.39, 0.29) is 5.43 Å². The molecule has 3 rings (SSSR count). The van der Waals surface area contributed by atoms with E-state index in [1.54, 1.807) is 11.3 Å². The van der Waals surface area contributed by atoms with Crippen LogP contribution < -0.4 is 10.2 Å². The van der Waals surface area contributed by atoms with Crippen molar-refractivity contribution < 1.29 is 4.74 Å². The van der Waals surface area contributed by atoms with Crippen molar-refractivity contribution in [2.24, 2.45) is 5.92 Å². The Kier molecular flexibility index (Phi) is 6.20. The van der Waals surface area contributed by atoms with Crippen LogP contribution in [0.4, 0.5) is 0 Å². The highest BCUT2D eigenvalue weighted by Crippen LogP contribution is 2.38. The summed E-state index contributed by atoms with van der Waals surface area (Å²) in [4.78, 5) is 13.0. The normalized spacial score (nSPS) is 12.6. The Hall–Kier alpha value is -1.58. The number of aryl methyl sites for hydroxylation is 1. The quantitative estimate of drug-likeness (QED) is 0.408. The third-order valence-electron chi connectivity index (χ3n) is 4.95. The molecule has 0 aliphatic heterocycles. The first-order valence-electron chi connectivity index (χ1n) is 9.34. The van der Waals surface area contributed by atoms with Crippen LogP contribution in [-0.2, 0) is 0 Å². The first-order valence-corrected chi connectivity index (χ1v) is 10.5.